The lowest BCUT2D eigenvalue weighted by atomic mass is 9.85. The van der Waals surface area contributed by atoms with Gasteiger partial charge in [0.25, 0.3) is 0 Å². The highest BCUT2D eigenvalue weighted by molar-refractivity contribution is 5.80. The summed E-state index contributed by atoms with van der Waals surface area (Å²) in [5.41, 5.74) is 0.740. The van der Waals surface area contributed by atoms with Gasteiger partial charge in [-0.1, -0.05) is 26.0 Å². The number of likely N-dealkylation sites (tertiary alicyclic amines) is 1. The van der Waals surface area contributed by atoms with E-state index in [9.17, 15) is 4.39 Å². The Bertz CT molecular complexity index is 666. The molecule has 5 nitrogen and oxygen atoms in total. The summed E-state index contributed by atoms with van der Waals surface area (Å²) in [4.78, 5) is 7.21. The number of rotatable bonds is 7. The SMILES string of the molecule is CCNC(=NCC(C)(C)c1cccc(F)c1)N1CCC(OCC2CCCO2)CC1. The van der Waals surface area contributed by atoms with E-state index in [-0.39, 0.29) is 17.3 Å². The van der Waals surface area contributed by atoms with Gasteiger partial charge in [-0.15, -0.1) is 0 Å². The molecular weight excluding hydrogens is 369 g/mol. The number of aliphatic imine (C=N–C) groups is 1. The van der Waals surface area contributed by atoms with Crippen molar-refractivity contribution in [3.63, 3.8) is 0 Å². The predicted molar refractivity (Wildman–Crippen MR) is 115 cm³/mol. The minimum Gasteiger partial charge on any atom is -0.376 e. The minimum atomic E-state index is -0.231. The fraction of sp³-hybridized carbons (Fsp3) is 0.696. The Hall–Kier alpha value is -1.66. The quantitative estimate of drug-likeness (QED) is 0.555. The van der Waals surface area contributed by atoms with Gasteiger partial charge in [0.1, 0.15) is 5.82 Å². The summed E-state index contributed by atoms with van der Waals surface area (Å²) in [5, 5.41) is 3.42. The zero-order valence-corrected chi connectivity index (χ0v) is 18.1. The van der Waals surface area contributed by atoms with Crippen LogP contribution in [0, 0.1) is 5.82 Å². The molecule has 162 valence electrons. The second-order valence-corrected chi connectivity index (χ2v) is 8.72. The molecule has 0 spiro atoms. The van der Waals surface area contributed by atoms with Crippen LogP contribution >= 0.6 is 0 Å². The number of benzene rings is 1. The number of nitrogens with zero attached hydrogens (tertiary/aromatic N) is 2. The summed E-state index contributed by atoms with van der Waals surface area (Å²) < 4.78 is 25.4. The van der Waals surface area contributed by atoms with Gasteiger partial charge in [-0.05, 0) is 50.3 Å². The number of halogens is 1. The summed E-state index contributed by atoms with van der Waals surface area (Å²) in [7, 11) is 0. The van der Waals surface area contributed by atoms with Crippen LogP contribution in [0.4, 0.5) is 4.39 Å². The first-order valence-electron chi connectivity index (χ1n) is 11.0. The zero-order valence-electron chi connectivity index (χ0n) is 18.1. The number of ether oxygens (including phenoxy) is 2. The second-order valence-electron chi connectivity index (χ2n) is 8.72. The van der Waals surface area contributed by atoms with E-state index in [2.05, 4.69) is 31.0 Å². The minimum absolute atomic E-state index is 0.198. The summed E-state index contributed by atoms with van der Waals surface area (Å²) in [6.45, 7) is 11.2. The van der Waals surface area contributed by atoms with Gasteiger partial charge in [0, 0.05) is 31.7 Å². The Morgan fingerprint density at radius 3 is 2.76 bits per heavy atom. The highest BCUT2D eigenvalue weighted by Gasteiger charge is 2.26. The molecule has 1 aromatic carbocycles. The van der Waals surface area contributed by atoms with Crippen molar-refractivity contribution in [2.24, 2.45) is 4.99 Å². The Labute approximate surface area is 174 Å². The van der Waals surface area contributed by atoms with Gasteiger partial charge in [-0.2, -0.15) is 0 Å². The third kappa shape index (κ3) is 6.41. The third-order valence-electron chi connectivity index (χ3n) is 5.85. The summed E-state index contributed by atoms with van der Waals surface area (Å²) in [6.07, 6.45) is 4.88. The van der Waals surface area contributed by atoms with Gasteiger partial charge >= 0.3 is 0 Å². The normalized spacial score (nSPS) is 21.6. The molecule has 29 heavy (non-hydrogen) atoms. The Morgan fingerprint density at radius 2 is 2.10 bits per heavy atom. The number of hydrogen-bond acceptors (Lipinski definition) is 3. The summed E-state index contributed by atoms with van der Waals surface area (Å²) >= 11 is 0. The molecule has 2 fully saturated rings. The molecule has 2 aliphatic rings. The molecule has 6 heteroatoms. The number of nitrogens with one attached hydrogen (secondary N) is 1. The van der Waals surface area contributed by atoms with Crippen molar-refractivity contribution >= 4 is 5.96 Å². The number of hydrogen-bond donors (Lipinski definition) is 1. The zero-order chi connectivity index (χ0) is 20.7. The molecule has 0 radical (unpaired) electrons. The average molecular weight is 406 g/mol. The molecule has 1 atom stereocenters. The van der Waals surface area contributed by atoms with Gasteiger partial charge in [0.15, 0.2) is 5.96 Å². The van der Waals surface area contributed by atoms with Crippen LogP contribution in [-0.4, -0.2) is 62.5 Å². The van der Waals surface area contributed by atoms with Gasteiger partial charge in [-0.3, -0.25) is 4.99 Å². The monoisotopic (exact) mass is 405 g/mol. The third-order valence-corrected chi connectivity index (χ3v) is 5.85. The van der Waals surface area contributed by atoms with Crippen LogP contribution in [0.5, 0.6) is 0 Å². The first-order chi connectivity index (χ1) is 14.0. The molecule has 0 amide bonds. The maximum atomic E-state index is 13.6. The smallest absolute Gasteiger partial charge is 0.193 e. The van der Waals surface area contributed by atoms with Crippen LogP contribution in [0.2, 0.25) is 0 Å². The first kappa shape index (κ1) is 22.0. The van der Waals surface area contributed by atoms with Gasteiger partial charge in [-0.25, -0.2) is 4.39 Å². The molecule has 2 saturated heterocycles. The Balaban J connectivity index is 1.53. The first-order valence-corrected chi connectivity index (χ1v) is 11.0. The summed E-state index contributed by atoms with van der Waals surface area (Å²) in [5.74, 6) is 0.742. The topological polar surface area (TPSA) is 46.1 Å². The molecular formula is C23H36FN3O2. The largest absolute Gasteiger partial charge is 0.376 e. The van der Waals surface area contributed by atoms with Crippen LogP contribution in [0.15, 0.2) is 29.3 Å². The standard InChI is InChI=1S/C23H36FN3O2/c1-4-25-22(26-17-23(2,3)18-7-5-8-19(24)15-18)27-12-10-20(11-13-27)29-16-21-9-6-14-28-21/h5,7-8,15,20-21H,4,6,9-14,16-17H2,1-3H3,(H,25,26). The van der Waals surface area contributed by atoms with Crippen molar-refractivity contribution in [1.29, 1.82) is 0 Å². The van der Waals surface area contributed by atoms with Crippen molar-refractivity contribution in [3.05, 3.63) is 35.6 Å². The fourth-order valence-electron chi connectivity index (χ4n) is 3.95. The van der Waals surface area contributed by atoms with Crippen LogP contribution in [0.3, 0.4) is 0 Å². The molecule has 0 saturated carbocycles. The van der Waals surface area contributed by atoms with Crippen molar-refractivity contribution in [2.75, 3.05) is 39.4 Å². The van der Waals surface area contributed by atoms with E-state index in [1.807, 2.05) is 6.07 Å². The highest BCUT2D eigenvalue weighted by atomic mass is 19.1. The number of guanidine groups is 1. The van der Waals surface area contributed by atoms with Crippen molar-refractivity contribution in [2.45, 2.75) is 64.1 Å². The molecule has 0 bridgehead atoms. The molecule has 1 aromatic rings. The van der Waals surface area contributed by atoms with E-state index >= 15 is 0 Å². The molecule has 3 rings (SSSR count). The van der Waals surface area contributed by atoms with Gasteiger partial charge < -0.3 is 19.7 Å². The van der Waals surface area contributed by atoms with Crippen LogP contribution in [-0.2, 0) is 14.9 Å². The average Bonchev–Trinajstić information content (AvgIpc) is 3.24. The highest BCUT2D eigenvalue weighted by Crippen LogP contribution is 2.24. The van der Waals surface area contributed by atoms with E-state index in [1.165, 1.54) is 6.07 Å². The van der Waals surface area contributed by atoms with E-state index in [4.69, 9.17) is 14.5 Å². The Morgan fingerprint density at radius 1 is 1.31 bits per heavy atom. The lowest BCUT2D eigenvalue weighted by molar-refractivity contribution is -0.0367. The fourth-order valence-corrected chi connectivity index (χ4v) is 3.95. The van der Waals surface area contributed by atoms with Gasteiger partial charge in [0.05, 0.1) is 25.4 Å². The molecule has 2 aliphatic heterocycles. The second kappa shape index (κ2) is 10.4. The lowest BCUT2D eigenvalue weighted by Gasteiger charge is -2.35. The van der Waals surface area contributed by atoms with Crippen LogP contribution in [0.25, 0.3) is 0 Å². The van der Waals surface area contributed by atoms with E-state index in [1.54, 1.807) is 12.1 Å². The molecule has 1 unspecified atom stereocenters. The predicted octanol–water partition coefficient (Wildman–Crippen LogP) is 3.73. The summed E-state index contributed by atoms with van der Waals surface area (Å²) in [6, 6.07) is 6.84. The van der Waals surface area contributed by atoms with Gasteiger partial charge in [0.2, 0.25) is 0 Å². The van der Waals surface area contributed by atoms with Crippen LogP contribution < -0.4 is 5.32 Å². The maximum Gasteiger partial charge on any atom is 0.193 e. The van der Waals surface area contributed by atoms with E-state index in [0.29, 0.717) is 12.6 Å². The molecule has 0 aromatic heterocycles. The Kier molecular flexibility index (Phi) is 7.90. The molecule has 1 N–H and O–H groups in total. The van der Waals surface area contributed by atoms with Crippen molar-refractivity contribution < 1.29 is 13.9 Å². The van der Waals surface area contributed by atoms with Crippen LogP contribution in [0.1, 0.15) is 52.0 Å². The van der Waals surface area contributed by atoms with Crippen molar-refractivity contribution in [3.8, 4) is 0 Å². The lowest BCUT2D eigenvalue weighted by Crippen LogP contribution is -2.47. The molecule has 0 aliphatic carbocycles. The van der Waals surface area contributed by atoms with E-state index in [0.717, 1.165) is 70.1 Å². The number of piperidine rings is 1. The maximum absolute atomic E-state index is 13.6. The molecule has 2 heterocycles. The van der Waals surface area contributed by atoms with Crippen molar-refractivity contribution in [1.82, 2.24) is 10.2 Å². The van der Waals surface area contributed by atoms with E-state index < -0.39 is 0 Å².